The molecule has 0 unspecified atom stereocenters. The Morgan fingerprint density at radius 3 is 2.50 bits per heavy atom. The summed E-state index contributed by atoms with van der Waals surface area (Å²) in [6.07, 6.45) is 1.19. The van der Waals surface area contributed by atoms with E-state index in [0.717, 1.165) is 0 Å². The van der Waals surface area contributed by atoms with E-state index in [4.69, 9.17) is 11.6 Å². The number of phenols is 1. The van der Waals surface area contributed by atoms with Crippen LogP contribution in [0, 0.1) is 13.8 Å². The van der Waals surface area contributed by atoms with Crippen LogP contribution in [0.25, 0.3) is 0 Å². The van der Waals surface area contributed by atoms with Gasteiger partial charge in [0.05, 0.1) is 5.69 Å². The molecule has 1 heterocycles. The van der Waals surface area contributed by atoms with E-state index in [1.165, 1.54) is 24.4 Å². The number of nitrogens with zero attached hydrogens (tertiary/aromatic N) is 1. The third-order valence-corrected chi connectivity index (χ3v) is 4.37. The van der Waals surface area contributed by atoms with E-state index in [-0.39, 0.29) is 15.8 Å². The van der Waals surface area contributed by atoms with Gasteiger partial charge in [-0.1, -0.05) is 11.6 Å². The molecule has 0 aliphatic carbocycles. The van der Waals surface area contributed by atoms with E-state index in [2.05, 4.69) is 9.71 Å². The largest absolute Gasteiger partial charge is 0.508 e. The average Bonchev–Trinajstić information content (AvgIpc) is 2.36. The van der Waals surface area contributed by atoms with E-state index in [9.17, 15) is 13.5 Å². The zero-order valence-electron chi connectivity index (χ0n) is 10.9. The molecule has 0 fully saturated rings. The first-order valence-electron chi connectivity index (χ1n) is 5.74. The number of hydrogen-bond acceptors (Lipinski definition) is 4. The van der Waals surface area contributed by atoms with Gasteiger partial charge in [-0.3, -0.25) is 4.72 Å². The summed E-state index contributed by atoms with van der Waals surface area (Å²) in [6.45, 7) is 3.40. The Morgan fingerprint density at radius 2 is 1.90 bits per heavy atom. The minimum Gasteiger partial charge on any atom is -0.508 e. The van der Waals surface area contributed by atoms with E-state index in [0.29, 0.717) is 16.8 Å². The van der Waals surface area contributed by atoms with Crippen LogP contribution in [0.2, 0.25) is 5.15 Å². The number of phenolic OH excluding ortho intramolecular Hbond substituents is 1. The molecule has 2 N–H and O–H groups in total. The van der Waals surface area contributed by atoms with E-state index >= 15 is 0 Å². The SMILES string of the molecule is Cc1cc(NS(=O)(=O)c2ccc(Cl)nc2)c(C)cc1O. The Bertz CT molecular complexity index is 743. The number of aromatic hydroxyl groups is 1. The Hall–Kier alpha value is -1.79. The summed E-state index contributed by atoms with van der Waals surface area (Å²) < 4.78 is 26.9. The molecule has 20 heavy (non-hydrogen) atoms. The molecule has 0 atom stereocenters. The minimum absolute atomic E-state index is 0.0204. The van der Waals surface area contributed by atoms with Crippen molar-refractivity contribution >= 4 is 27.3 Å². The first kappa shape index (κ1) is 14.6. The lowest BCUT2D eigenvalue weighted by molar-refractivity contribution is 0.471. The highest BCUT2D eigenvalue weighted by atomic mass is 35.5. The molecule has 0 aliphatic rings. The summed E-state index contributed by atoms with van der Waals surface area (Å²) in [4.78, 5) is 3.77. The fourth-order valence-corrected chi connectivity index (χ4v) is 2.81. The molecule has 0 bridgehead atoms. The number of hydrogen-bond donors (Lipinski definition) is 2. The van der Waals surface area contributed by atoms with Crippen molar-refractivity contribution in [1.82, 2.24) is 4.98 Å². The van der Waals surface area contributed by atoms with Crippen molar-refractivity contribution in [2.45, 2.75) is 18.7 Å². The highest BCUT2D eigenvalue weighted by Crippen LogP contribution is 2.27. The first-order chi connectivity index (χ1) is 9.29. The minimum atomic E-state index is -3.73. The van der Waals surface area contributed by atoms with Crippen molar-refractivity contribution in [3.63, 3.8) is 0 Å². The van der Waals surface area contributed by atoms with Gasteiger partial charge in [0.15, 0.2) is 0 Å². The summed E-state index contributed by atoms with van der Waals surface area (Å²) in [6, 6.07) is 5.87. The van der Waals surface area contributed by atoms with Crippen LogP contribution in [0.5, 0.6) is 5.75 Å². The standard InChI is InChI=1S/C13H13ClN2O3S/c1-8-6-12(17)9(2)5-11(8)16-20(18,19)10-3-4-13(14)15-7-10/h3-7,16-17H,1-2H3. The van der Waals surface area contributed by atoms with Gasteiger partial charge in [0.25, 0.3) is 10.0 Å². The second-order valence-corrected chi connectivity index (χ2v) is 6.45. The van der Waals surface area contributed by atoms with Gasteiger partial charge >= 0.3 is 0 Å². The quantitative estimate of drug-likeness (QED) is 0.674. The Balaban J connectivity index is 2.38. The normalized spacial score (nSPS) is 11.3. The molecular weight excluding hydrogens is 300 g/mol. The lowest BCUT2D eigenvalue weighted by Gasteiger charge is -2.12. The third-order valence-electron chi connectivity index (χ3n) is 2.80. The van der Waals surface area contributed by atoms with Crippen molar-refractivity contribution in [1.29, 1.82) is 0 Å². The van der Waals surface area contributed by atoms with Crippen LogP contribution in [0.3, 0.4) is 0 Å². The zero-order chi connectivity index (χ0) is 14.9. The van der Waals surface area contributed by atoms with Crippen LogP contribution >= 0.6 is 11.6 Å². The molecule has 1 aromatic heterocycles. The predicted molar refractivity (Wildman–Crippen MR) is 77.6 cm³/mol. The summed E-state index contributed by atoms with van der Waals surface area (Å²) in [7, 11) is -3.73. The van der Waals surface area contributed by atoms with Gasteiger partial charge in [-0.2, -0.15) is 0 Å². The number of aromatic nitrogens is 1. The maximum atomic E-state index is 12.2. The second kappa shape index (κ2) is 5.30. The van der Waals surface area contributed by atoms with Gasteiger partial charge < -0.3 is 5.11 Å². The number of aryl methyl sites for hydroxylation is 2. The fraction of sp³-hybridized carbons (Fsp3) is 0.154. The molecule has 2 rings (SSSR count). The van der Waals surface area contributed by atoms with Gasteiger partial charge in [0.2, 0.25) is 0 Å². The molecule has 0 saturated carbocycles. The van der Waals surface area contributed by atoms with Crippen molar-refractivity contribution in [2.75, 3.05) is 4.72 Å². The predicted octanol–water partition coefficient (Wildman–Crippen LogP) is 2.86. The lowest BCUT2D eigenvalue weighted by atomic mass is 10.1. The van der Waals surface area contributed by atoms with Crippen molar-refractivity contribution in [3.05, 3.63) is 46.7 Å². The van der Waals surface area contributed by atoms with Crippen molar-refractivity contribution in [3.8, 4) is 5.75 Å². The average molecular weight is 313 g/mol. The lowest BCUT2D eigenvalue weighted by Crippen LogP contribution is -2.14. The molecule has 7 heteroatoms. The number of nitrogens with one attached hydrogen (secondary N) is 1. The fourth-order valence-electron chi connectivity index (χ4n) is 1.64. The van der Waals surface area contributed by atoms with Crippen LogP contribution in [0.1, 0.15) is 11.1 Å². The molecule has 106 valence electrons. The van der Waals surface area contributed by atoms with E-state index < -0.39 is 10.0 Å². The number of halogens is 1. The summed E-state index contributed by atoms with van der Waals surface area (Å²) in [5, 5.41) is 9.79. The molecule has 5 nitrogen and oxygen atoms in total. The number of anilines is 1. The number of rotatable bonds is 3. The van der Waals surface area contributed by atoms with Gasteiger partial charge in [-0.25, -0.2) is 13.4 Å². The highest BCUT2D eigenvalue weighted by molar-refractivity contribution is 7.92. The smallest absolute Gasteiger partial charge is 0.263 e. The Morgan fingerprint density at radius 1 is 1.20 bits per heavy atom. The molecular formula is C13H13ClN2O3S. The zero-order valence-corrected chi connectivity index (χ0v) is 12.5. The number of sulfonamides is 1. The first-order valence-corrected chi connectivity index (χ1v) is 7.60. The summed E-state index contributed by atoms with van der Waals surface area (Å²) >= 11 is 5.63. The highest BCUT2D eigenvalue weighted by Gasteiger charge is 2.16. The number of pyridine rings is 1. The van der Waals surface area contributed by atoms with Crippen LogP contribution in [0.4, 0.5) is 5.69 Å². The molecule has 0 aliphatic heterocycles. The number of benzene rings is 1. The van der Waals surface area contributed by atoms with Crippen molar-refractivity contribution in [2.24, 2.45) is 0 Å². The summed E-state index contributed by atoms with van der Waals surface area (Å²) in [5.41, 5.74) is 1.62. The van der Waals surface area contributed by atoms with Gasteiger partial charge in [-0.15, -0.1) is 0 Å². The molecule has 0 amide bonds. The second-order valence-electron chi connectivity index (χ2n) is 4.38. The summed E-state index contributed by atoms with van der Waals surface area (Å²) in [5.74, 6) is 0.124. The van der Waals surface area contributed by atoms with Crippen LogP contribution < -0.4 is 4.72 Å². The van der Waals surface area contributed by atoms with Gasteiger partial charge in [0.1, 0.15) is 15.8 Å². The van der Waals surface area contributed by atoms with E-state index in [1.54, 1.807) is 19.9 Å². The molecule has 2 aromatic rings. The van der Waals surface area contributed by atoms with Crippen molar-refractivity contribution < 1.29 is 13.5 Å². The maximum Gasteiger partial charge on any atom is 0.263 e. The van der Waals surface area contributed by atoms with Crippen LogP contribution in [-0.4, -0.2) is 18.5 Å². The Labute approximate surface area is 122 Å². The maximum absolute atomic E-state index is 12.2. The topological polar surface area (TPSA) is 79.3 Å². The molecule has 0 radical (unpaired) electrons. The van der Waals surface area contributed by atoms with Crippen LogP contribution in [0.15, 0.2) is 35.4 Å². The monoisotopic (exact) mass is 312 g/mol. The van der Waals surface area contributed by atoms with Crippen LogP contribution in [-0.2, 0) is 10.0 Å². The van der Waals surface area contributed by atoms with Gasteiger partial charge in [0, 0.05) is 6.20 Å². The third kappa shape index (κ3) is 3.02. The van der Waals surface area contributed by atoms with Gasteiger partial charge in [-0.05, 0) is 49.2 Å². The molecule has 1 aromatic carbocycles. The molecule has 0 saturated heterocycles. The molecule has 0 spiro atoms. The van der Waals surface area contributed by atoms with E-state index in [1.807, 2.05) is 0 Å². The Kier molecular flexibility index (Phi) is 3.87.